The first-order valence-electron chi connectivity index (χ1n) is 10.9. The second-order valence-corrected chi connectivity index (χ2v) is 7.75. The van der Waals surface area contributed by atoms with Crippen molar-refractivity contribution in [3.63, 3.8) is 0 Å². The summed E-state index contributed by atoms with van der Waals surface area (Å²) in [5.41, 5.74) is 1.30. The summed E-state index contributed by atoms with van der Waals surface area (Å²) in [6.07, 6.45) is 3.54. The first-order valence-corrected chi connectivity index (χ1v) is 10.9. The molecule has 0 fully saturated rings. The number of hydrogen-bond donors (Lipinski definition) is 1. The van der Waals surface area contributed by atoms with Crippen LogP contribution in [0, 0.1) is 10.1 Å². The molecule has 0 saturated heterocycles. The SMILES string of the molecule is C=CCc1cc(C=Nn2c(=O)[nH]c3ccccc3c2=O)cc(OC)c1OCc1ccc([N+](=O)[O-])cc1. The first kappa shape index (κ1) is 24.1. The fourth-order valence-corrected chi connectivity index (χ4v) is 3.63. The average Bonchev–Trinajstić information content (AvgIpc) is 2.88. The number of nitro benzene ring substituents is 1. The predicted molar refractivity (Wildman–Crippen MR) is 136 cm³/mol. The summed E-state index contributed by atoms with van der Waals surface area (Å²) >= 11 is 0. The van der Waals surface area contributed by atoms with Gasteiger partial charge < -0.3 is 14.5 Å². The molecule has 3 aromatic carbocycles. The van der Waals surface area contributed by atoms with E-state index in [2.05, 4.69) is 16.7 Å². The van der Waals surface area contributed by atoms with Gasteiger partial charge in [0.05, 0.1) is 29.2 Å². The van der Waals surface area contributed by atoms with E-state index in [-0.39, 0.29) is 12.3 Å². The lowest BCUT2D eigenvalue weighted by Gasteiger charge is -2.16. The van der Waals surface area contributed by atoms with Gasteiger partial charge in [0, 0.05) is 17.7 Å². The van der Waals surface area contributed by atoms with E-state index in [0.29, 0.717) is 34.4 Å². The number of fused-ring (bicyclic) bond motifs is 1. The van der Waals surface area contributed by atoms with Crippen LogP contribution in [0.5, 0.6) is 11.5 Å². The minimum absolute atomic E-state index is 0.00308. The number of methoxy groups -OCH3 is 1. The highest BCUT2D eigenvalue weighted by molar-refractivity contribution is 5.82. The van der Waals surface area contributed by atoms with Crippen molar-refractivity contribution in [2.45, 2.75) is 13.0 Å². The maximum absolute atomic E-state index is 12.7. The third-order valence-electron chi connectivity index (χ3n) is 5.37. The van der Waals surface area contributed by atoms with Crippen LogP contribution in [0.4, 0.5) is 5.69 Å². The van der Waals surface area contributed by atoms with Crippen LogP contribution >= 0.6 is 0 Å². The molecule has 1 aromatic heterocycles. The second-order valence-electron chi connectivity index (χ2n) is 7.75. The molecule has 36 heavy (non-hydrogen) atoms. The van der Waals surface area contributed by atoms with Crippen molar-refractivity contribution in [1.29, 1.82) is 0 Å². The van der Waals surface area contributed by atoms with E-state index in [1.807, 2.05) is 0 Å². The zero-order valence-electron chi connectivity index (χ0n) is 19.3. The van der Waals surface area contributed by atoms with Crippen molar-refractivity contribution < 1.29 is 14.4 Å². The summed E-state index contributed by atoms with van der Waals surface area (Å²) in [6, 6.07) is 16.2. The Morgan fingerprint density at radius 3 is 2.58 bits per heavy atom. The fourth-order valence-electron chi connectivity index (χ4n) is 3.63. The van der Waals surface area contributed by atoms with Crippen LogP contribution in [-0.2, 0) is 13.0 Å². The molecular formula is C26H22N4O6. The number of aromatic amines is 1. The first-order chi connectivity index (χ1) is 17.4. The molecule has 0 aliphatic heterocycles. The van der Waals surface area contributed by atoms with Crippen LogP contribution < -0.4 is 20.7 Å². The molecule has 0 spiro atoms. The molecular weight excluding hydrogens is 464 g/mol. The van der Waals surface area contributed by atoms with Gasteiger partial charge in [0.15, 0.2) is 11.5 Å². The highest BCUT2D eigenvalue weighted by Crippen LogP contribution is 2.34. The quantitative estimate of drug-likeness (QED) is 0.166. The van der Waals surface area contributed by atoms with E-state index in [9.17, 15) is 19.7 Å². The summed E-state index contributed by atoms with van der Waals surface area (Å²) < 4.78 is 12.3. The Labute approximate surface area is 204 Å². The summed E-state index contributed by atoms with van der Waals surface area (Å²) in [6.45, 7) is 3.95. The van der Waals surface area contributed by atoms with E-state index < -0.39 is 16.2 Å². The van der Waals surface area contributed by atoms with Gasteiger partial charge in [-0.15, -0.1) is 11.3 Å². The number of nitro groups is 1. The highest BCUT2D eigenvalue weighted by Gasteiger charge is 2.14. The van der Waals surface area contributed by atoms with Crippen molar-refractivity contribution in [2.24, 2.45) is 5.10 Å². The molecule has 0 aliphatic carbocycles. The van der Waals surface area contributed by atoms with E-state index in [1.54, 1.807) is 54.6 Å². The van der Waals surface area contributed by atoms with Crippen LogP contribution in [0.25, 0.3) is 10.9 Å². The monoisotopic (exact) mass is 486 g/mol. The van der Waals surface area contributed by atoms with E-state index in [4.69, 9.17) is 9.47 Å². The van der Waals surface area contributed by atoms with Crippen LogP contribution in [0.2, 0.25) is 0 Å². The molecule has 10 heteroatoms. The highest BCUT2D eigenvalue weighted by atomic mass is 16.6. The van der Waals surface area contributed by atoms with Gasteiger partial charge in [-0.2, -0.15) is 5.10 Å². The summed E-state index contributed by atoms with van der Waals surface area (Å²) in [5, 5.41) is 15.3. The lowest BCUT2D eigenvalue weighted by Crippen LogP contribution is -2.32. The number of ether oxygens (including phenoxy) is 2. The van der Waals surface area contributed by atoms with Crippen molar-refractivity contribution in [3.8, 4) is 11.5 Å². The molecule has 0 radical (unpaired) electrons. The molecule has 0 bridgehead atoms. The maximum Gasteiger partial charge on any atom is 0.349 e. The largest absolute Gasteiger partial charge is 0.493 e. The molecule has 0 aliphatic rings. The molecule has 4 aromatic rings. The lowest BCUT2D eigenvalue weighted by atomic mass is 10.1. The lowest BCUT2D eigenvalue weighted by molar-refractivity contribution is -0.384. The summed E-state index contributed by atoms with van der Waals surface area (Å²) in [4.78, 5) is 38.2. The molecule has 4 rings (SSSR count). The summed E-state index contributed by atoms with van der Waals surface area (Å²) in [7, 11) is 1.49. The minimum Gasteiger partial charge on any atom is -0.493 e. The van der Waals surface area contributed by atoms with Crippen LogP contribution in [0.1, 0.15) is 16.7 Å². The van der Waals surface area contributed by atoms with Gasteiger partial charge in [-0.05, 0) is 53.9 Å². The molecule has 0 atom stereocenters. The third-order valence-corrected chi connectivity index (χ3v) is 5.37. The number of rotatable bonds is 9. The van der Waals surface area contributed by atoms with Crippen LogP contribution in [0.3, 0.4) is 0 Å². The number of para-hydroxylation sites is 1. The predicted octanol–water partition coefficient (Wildman–Crippen LogP) is 3.80. The Bertz CT molecular complexity index is 1590. The molecule has 1 N–H and O–H groups in total. The van der Waals surface area contributed by atoms with Gasteiger partial charge in [-0.1, -0.05) is 18.2 Å². The molecule has 1 heterocycles. The Kier molecular flexibility index (Phi) is 7.05. The fraction of sp³-hybridized carbons (Fsp3) is 0.115. The Balaban J connectivity index is 1.65. The smallest absolute Gasteiger partial charge is 0.349 e. The molecule has 0 unspecified atom stereocenters. The zero-order valence-corrected chi connectivity index (χ0v) is 19.3. The van der Waals surface area contributed by atoms with E-state index >= 15 is 0 Å². The second kappa shape index (κ2) is 10.5. The van der Waals surface area contributed by atoms with Gasteiger partial charge in [-0.25, -0.2) is 4.79 Å². The van der Waals surface area contributed by atoms with Crippen molar-refractivity contribution in [2.75, 3.05) is 7.11 Å². The zero-order chi connectivity index (χ0) is 25.7. The Morgan fingerprint density at radius 1 is 1.14 bits per heavy atom. The van der Waals surface area contributed by atoms with Crippen LogP contribution in [0.15, 0.2) is 88.0 Å². The van der Waals surface area contributed by atoms with Gasteiger partial charge in [0.1, 0.15) is 6.61 Å². The molecule has 0 saturated carbocycles. The number of nitrogens with zero attached hydrogens (tertiary/aromatic N) is 3. The Hall–Kier alpha value is -4.99. The third kappa shape index (κ3) is 5.07. The topological polar surface area (TPSA) is 129 Å². The van der Waals surface area contributed by atoms with Crippen molar-refractivity contribution in [1.82, 2.24) is 9.66 Å². The van der Waals surface area contributed by atoms with Crippen LogP contribution in [-0.4, -0.2) is 27.9 Å². The average molecular weight is 486 g/mol. The normalized spacial score (nSPS) is 11.0. The number of aromatic nitrogens is 2. The van der Waals surface area contributed by atoms with E-state index in [0.717, 1.165) is 15.8 Å². The number of non-ortho nitro benzene ring substituents is 1. The van der Waals surface area contributed by atoms with Gasteiger partial charge in [-0.3, -0.25) is 14.9 Å². The van der Waals surface area contributed by atoms with Crippen molar-refractivity contribution in [3.05, 3.63) is 121 Å². The number of hydrogen-bond acceptors (Lipinski definition) is 7. The Morgan fingerprint density at radius 2 is 1.89 bits per heavy atom. The number of H-pyrrole nitrogens is 1. The number of allylic oxidation sites excluding steroid dienone is 1. The standard InChI is InChI=1S/C26H22N4O6/c1-3-6-19-13-18(15-27-29-25(31)21-7-4-5-8-22(21)28-26(29)32)14-23(35-2)24(19)36-16-17-9-11-20(12-10-17)30(33)34/h3-5,7-15H,1,6,16H2,2H3,(H,28,32). The summed E-state index contributed by atoms with van der Waals surface area (Å²) in [5.74, 6) is 0.895. The number of nitrogens with one attached hydrogen (secondary N) is 1. The van der Waals surface area contributed by atoms with E-state index in [1.165, 1.54) is 25.5 Å². The van der Waals surface area contributed by atoms with Gasteiger partial charge in [0.2, 0.25) is 0 Å². The minimum atomic E-state index is -0.656. The number of benzene rings is 3. The molecule has 182 valence electrons. The molecule has 10 nitrogen and oxygen atoms in total. The van der Waals surface area contributed by atoms with Crippen molar-refractivity contribution >= 4 is 22.8 Å². The van der Waals surface area contributed by atoms with Gasteiger partial charge in [0.25, 0.3) is 11.2 Å². The van der Waals surface area contributed by atoms with Gasteiger partial charge >= 0.3 is 5.69 Å². The maximum atomic E-state index is 12.7. The molecule has 0 amide bonds.